The molecule has 1 aliphatic rings. The van der Waals surface area contributed by atoms with Crippen LogP contribution < -0.4 is 4.90 Å². The van der Waals surface area contributed by atoms with E-state index < -0.39 is 0 Å². The lowest BCUT2D eigenvalue weighted by molar-refractivity contribution is -0.132. The van der Waals surface area contributed by atoms with Gasteiger partial charge < -0.3 is 9.80 Å². The molecule has 4 rings (SSSR count). The summed E-state index contributed by atoms with van der Waals surface area (Å²) in [5, 5.41) is 4.77. The minimum Gasteiger partial charge on any atom is -0.353 e. The summed E-state index contributed by atoms with van der Waals surface area (Å²) in [6.45, 7) is 11.5. The zero-order valence-corrected chi connectivity index (χ0v) is 18.8. The first-order chi connectivity index (χ1) is 14.9. The second-order valence-electron chi connectivity index (χ2n) is 8.22. The Hall–Kier alpha value is -3.22. The lowest BCUT2D eigenvalue weighted by Gasteiger charge is -2.35. The van der Waals surface area contributed by atoms with Gasteiger partial charge >= 0.3 is 0 Å². The minimum absolute atomic E-state index is 0.114. The van der Waals surface area contributed by atoms with Crippen LogP contribution in [-0.2, 0) is 17.8 Å². The molecule has 7 heteroatoms. The molecular formula is C24H30N6O. The van der Waals surface area contributed by atoms with Crippen molar-refractivity contribution < 1.29 is 4.79 Å². The summed E-state index contributed by atoms with van der Waals surface area (Å²) in [6.07, 6.45) is 2.44. The number of hydrogen-bond donors (Lipinski definition) is 0. The number of benzene rings is 1. The Morgan fingerprint density at radius 1 is 0.968 bits per heavy atom. The number of hydrogen-bond acceptors (Lipinski definition) is 5. The summed E-state index contributed by atoms with van der Waals surface area (Å²) in [6, 6.07) is 10.5. The fourth-order valence-electron chi connectivity index (χ4n) is 3.95. The van der Waals surface area contributed by atoms with Gasteiger partial charge in [-0.2, -0.15) is 5.10 Å². The van der Waals surface area contributed by atoms with Gasteiger partial charge in [0.2, 0.25) is 5.91 Å². The van der Waals surface area contributed by atoms with E-state index in [1.165, 1.54) is 11.1 Å². The number of carbonyl (C=O) groups is 1. The van der Waals surface area contributed by atoms with Crippen molar-refractivity contribution in [2.45, 2.75) is 40.7 Å². The molecule has 2 aromatic heterocycles. The molecular weight excluding hydrogens is 388 g/mol. The fourth-order valence-corrected chi connectivity index (χ4v) is 3.95. The Bertz CT molecular complexity index is 1080. The van der Waals surface area contributed by atoms with Crippen LogP contribution in [0.4, 0.5) is 5.82 Å². The van der Waals surface area contributed by atoms with Crippen molar-refractivity contribution >= 4 is 11.7 Å². The standard InChI is InChI=1S/C24H30N6O/c1-5-21-14-22(20-7-6-17(2)18(3)12-20)27-30(21)15-24(31)29-10-8-28(9-11-29)23-13-19(4)25-16-26-23/h6-7,12-14,16H,5,8-11,15H2,1-4H3. The maximum absolute atomic E-state index is 13.0. The zero-order valence-electron chi connectivity index (χ0n) is 18.8. The maximum atomic E-state index is 13.0. The molecule has 162 valence electrons. The molecule has 1 aliphatic heterocycles. The summed E-state index contributed by atoms with van der Waals surface area (Å²) >= 11 is 0. The van der Waals surface area contributed by atoms with E-state index in [1.54, 1.807) is 6.33 Å². The van der Waals surface area contributed by atoms with Gasteiger partial charge in [-0.3, -0.25) is 9.48 Å². The van der Waals surface area contributed by atoms with E-state index >= 15 is 0 Å². The van der Waals surface area contributed by atoms with Gasteiger partial charge in [-0.15, -0.1) is 0 Å². The van der Waals surface area contributed by atoms with E-state index in [-0.39, 0.29) is 12.5 Å². The molecule has 0 N–H and O–H groups in total. The van der Waals surface area contributed by atoms with Crippen LogP contribution in [0.2, 0.25) is 0 Å². The van der Waals surface area contributed by atoms with Crippen LogP contribution in [-0.4, -0.2) is 56.7 Å². The molecule has 31 heavy (non-hydrogen) atoms. The number of piperazine rings is 1. The molecule has 0 saturated carbocycles. The molecule has 1 aromatic carbocycles. The van der Waals surface area contributed by atoms with Gasteiger partial charge in [0.25, 0.3) is 0 Å². The smallest absolute Gasteiger partial charge is 0.244 e. The van der Waals surface area contributed by atoms with E-state index in [4.69, 9.17) is 5.10 Å². The lowest BCUT2D eigenvalue weighted by Crippen LogP contribution is -2.50. The molecule has 3 aromatic rings. The number of rotatable bonds is 5. The van der Waals surface area contributed by atoms with E-state index in [0.29, 0.717) is 13.1 Å². The highest BCUT2D eigenvalue weighted by molar-refractivity contribution is 5.76. The molecule has 0 bridgehead atoms. The number of carbonyl (C=O) groups excluding carboxylic acids is 1. The largest absolute Gasteiger partial charge is 0.353 e. The van der Waals surface area contributed by atoms with E-state index in [1.807, 2.05) is 22.6 Å². The van der Waals surface area contributed by atoms with Gasteiger partial charge in [-0.25, -0.2) is 9.97 Å². The zero-order chi connectivity index (χ0) is 22.0. The van der Waals surface area contributed by atoms with Gasteiger partial charge in [0.15, 0.2) is 0 Å². The predicted octanol–water partition coefficient (Wildman–Crippen LogP) is 3.18. The molecule has 3 heterocycles. The molecule has 0 aliphatic carbocycles. The third kappa shape index (κ3) is 4.60. The monoisotopic (exact) mass is 418 g/mol. The van der Waals surface area contributed by atoms with Crippen LogP contribution in [0.25, 0.3) is 11.3 Å². The van der Waals surface area contributed by atoms with Gasteiger partial charge in [0.05, 0.1) is 5.69 Å². The van der Waals surface area contributed by atoms with Crippen molar-refractivity contribution in [3.63, 3.8) is 0 Å². The van der Waals surface area contributed by atoms with Crippen LogP contribution in [0.3, 0.4) is 0 Å². The SMILES string of the molecule is CCc1cc(-c2ccc(C)c(C)c2)nn1CC(=O)N1CCN(c2cc(C)ncn2)CC1. The first-order valence-electron chi connectivity index (χ1n) is 10.9. The van der Waals surface area contributed by atoms with Gasteiger partial charge in [0.1, 0.15) is 18.7 Å². The normalized spacial score (nSPS) is 14.2. The van der Waals surface area contributed by atoms with Crippen LogP contribution in [0, 0.1) is 20.8 Å². The Balaban J connectivity index is 1.43. The van der Waals surface area contributed by atoms with Crippen LogP contribution in [0.15, 0.2) is 36.7 Å². The quantitative estimate of drug-likeness (QED) is 0.637. The first kappa shape index (κ1) is 21.0. The maximum Gasteiger partial charge on any atom is 0.244 e. The minimum atomic E-state index is 0.114. The van der Waals surface area contributed by atoms with Crippen molar-refractivity contribution in [2.75, 3.05) is 31.1 Å². The van der Waals surface area contributed by atoms with E-state index in [2.05, 4.69) is 59.9 Å². The molecule has 0 spiro atoms. The van der Waals surface area contributed by atoms with Crippen molar-refractivity contribution in [1.82, 2.24) is 24.6 Å². The summed E-state index contributed by atoms with van der Waals surface area (Å²) in [5.74, 6) is 1.04. The van der Waals surface area contributed by atoms with E-state index in [9.17, 15) is 4.79 Å². The Kier molecular flexibility index (Phi) is 6.02. The Morgan fingerprint density at radius 3 is 2.42 bits per heavy atom. The fraction of sp³-hybridized carbons (Fsp3) is 0.417. The lowest BCUT2D eigenvalue weighted by atomic mass is 10.0. The highest BCUT2D eigenvalue weighted by Gasteiger charge is 2.23. The third-order valence-electron chi connectivity index (χ3n) is 6.06. The van der Waals surface area contributed by atoms with Gasteiger partial charge in [-0.05, 0) is 50.5 Å². The van der Waals surface area contributed by atoms with Crippen molar-refractivity contribution in [2.24, 2.45) is 0 Å². The van der Waals surface area contributed by atoms with Crippen LogP contribution in [0.5, 0.6) is 0 Å². The van der Waals surface area contributed by atoms with E-state index in [0.717, 1.165) is 48.0 Å². The van der Waals surface area contributed by atoms with Gasteiger partial charge in [0, 0.05) is 49.2 Å². The average Bonchev–Trinajstić information content (AvgIpc) is 3.18. The predicted molar refractivity (Wildman–Crippen MR) is 122 cm³/mol. The number of anilines is 1. The van der Waals surface area contributed by atoms with Crippen LogP contribution >= 0.6 is 0 Å². The number of nitrogens with zero attached hydrogens (tertiary/aromatic N) is 6. The second kappa shape index (κ2) is 8.88. The molecule has 0 atom stereocenters. The third-order valence-corrected chi connectivity index (χ3v) is 6.06. The number of aryl methyl sites for hydroxylation is 4. The topological polar surface area (TPSA) is 67.2 Å². The summed E-state index contributed by atoms with van der Waals surface area (Å²) in [4.78, 5) is 25.7. The van der Waals surface area contributed by atoms with Crippen molar-refractivity contribution in [1.29, 1.82) is 0 Å². The molecule has 1 saturated heterocycles. The highest BCUT2D eigenvalue weighted by atomic mass is 16.2. The van der Waals surface area contributed by atoms with Crippen molar-refractivity contribution in [3.05, 3.63) is 59.2 Å². The summed E-state index contributed by atoms with van der Waals surface area (Å²) < 4.78 is 1.87. The van der Waals surface area contributed by atoms with Crippen LogP contribution in [0.1, 0.15) is 29.4 Å². The molecule has 0 unspecified atom stereocenters. The summed E-state index contributed by atoms with van der Waals surface area (Å²) in [5.41, 5.74) is 6.57. The average molecular weight is 419 g/mol. The highest BCUT2D eigenvalue weighted by Crippen LogP contribution is 2.23. The number of amides is 1. The Labute approximate surface area is 183 Å². The molecule has 7 nitrogen and oxygen atoms in total. The molecule has 1 fully saturated rings. The van der Waals surface area contributed by atoms with Gasteiger partial charge in [-0.1, -0.05) is 19.1 Å². The molecule has 1 amide bonds. The summed E-state index contributed by atoms with van der Waals surface area (Å²) in [7, 11) is 0. The molecule has 0 radical (unpaired) electrons. The Morgan fingerprint density at radius 2 is 1.74 bits per heavy atom. The van der Waals surface area contributed by atoms with Crippen molar-refractivity contribution in [3.8, 4) is 11.3 Å². The second-order valence-corrected chi connectivity index (χ2v) is 8.22. The first-order valence-corrected chi connectivity index (χ1v) is 10.9. The number of aromatic nitrogens is 4.